The fraction of sp³-hybridized carbons (Fsp3) is 0.368. The number of fused-ring (bicyclic) bond motifs is 1. The smallest absolute Gasteiger partial charge is 0.475 e. The molecule has 0 atom stereocenters. The maximum atomic E-state index is 10.6. The van der Waals surface area contributed by atoms with E-state index in [1.165, 1.54) is 11.5 Å². The van der Waals surface area contributed by atoms with Crippen LogP contribution < -0.4 is 0 Å². The van der Waals surface area contributed by atoms with Gasteiger partial charge >= 0.3 is 12.1 Å². The lowest BCUT2D eigenvalue weighted by molar-refractivity contribution is -0.192. The number of carbonyl (C=O) groups is 1. The second-order valence-electron chi connectivity index (χ2n) is 6.67. The van der Waals surface area contributed by atoms with Crippen molar-refractivity contribution in [3.8, 4) is 0 Å². The number of pyridine rings is 1. The third-order valence-electron chi connectivity index (χ3n) is 4.55. The zero-order chi connectivity index (χ0) is 21.6. The first kappa shape index (κ1) is 21.5. The van der Waals surface area contributed by atoms with Crippen LogP contribution in [-0.4, -0.2) is 59.6 Å². The van der Waals surface area contributed by atoms with Gasteiger partial charge in [-0.2, -0.15) is 18.3 Å². The van der Waals surface area contributed by atoms with Gasteiger partial charge in [-0.1, -0.05) is 6.07 Å². The Balaban J connectivity index is 0.000000318. The van der Waals surface area contributed by atoms with Crippen LogP contribution in [0.2, 0.25) is 0 Å². The summed E-state index contributed by atoms with van der Waals surface area (Å²) in [6.07, 6.45) is 3.55. The molecule has 1 N–H and O–H groups in total. The molecule has 3 aromatic heterocycles. The second kappa shape index (κ2) is 9.53. The highest BCUT2D eigenvalue weighted by molar-refractivity contribution is 5.73. The van der Waals surface area contributed by atoms with Gasteiger partial charge in [-0.3, -0.25) is 14.6 Å². The molecule has 1 aliphatic heterocycles. The highest BCUT2D eigenvalue weighted by Crippen LogP contribution is 2.14. The molecular weight excluding hydrogens is 401 g/mol. The number of aliphatic carboxylic acids is 1. The molecule has 160 valence electrons. The Labute approximate surface area is 170 Å². The van der Waals surface area contributed by atoms with E-state index >= 15 is 0 Å². The van der Waals surface area contributed by atoms with Gasteiger partial charge in [0.2, 0.25) is 0 Å². The molecule has 1 aliphatic rings. The summed E-state index contributed by atoms with van der Waals surface area (Å²) in [5.74, 6) is -1.58. The van der Waals surface area contributed by atoms with Crippen LogP contribution in [0.1, 0.15) is 17.2 Å². The van der Waals surface area contributed by atoms with E-state index in [4.69, 9.17) is 9.90 Å². The molecule has 4 rings (SSSR count). The molecule has 11 heteroatoms. The monoisotopic (exact) mass is 422 g/mol. The molecule has 0 radical (unpaired) electrons. The first-order valence-electron chi connectivity index (χ1n) is 9.26. The molecule has 0 saturated carbocycles. The Morgan fingerprint density at radius 3 is 2.50 bits per heavy atom. The summed E-state index contributed by atoms with van der Waals surface area (Å²) in [7, 11) is 0. The van der Waals surface area contributed by atoms with Crippen molar-refractivity contribution in [1.82, 2.24) is 29.2 Å². The predicted octanol–water partition coefficient (Wildman–Crippen LogP) is 2.21. The zero-order valence-corrected chi connectivity index (χ0v) is 16.0. The lowest BCUT2D eigenvalue weighted by Crippen LogP contribution is -2.27. The summed E-state index contributed by atoms with van der Waals surface area (Å²) in [6.45, 7) is 4.69. The Kier molecular flexibility index (Phi) is 6.83. The van der Waals surface area contributed by atoms with Crippen molar-refractivity contribution in [1.29, 1.82) is 0 Å². The highest BCUT2D eigenvalue weighted by Gasteiger charge is 2.38. The first-order chi connectivity index (χ1) is 14.3. The van der Waals surface area contributed by atoms with Crippen LogP contribution in [0.25, 0.3) is 0 Å². The van der Waals surface area contributed by atoms with E-state index in [1.54, 1.807) is 0 Å². The Morgan fingerprint density at radius 2 is 1.87 bits per heavy atom. The van der Waals surface area contributed by atoms with Gasteiger partial charge < -0.3 is 9.67 Å². The van der Waals surface area contributed by atoms with Crippen LogP contribution in [-0.2, 0) is 30.8 Å². The van der Waals surface area contributed by atoms with Crippen molar-refractivity contribution in [2.75, 3.05) is 13.1 Å². The van der Waals surface area contributed by atoms with E-state index in [0.29, 0.717) is 0 Å². The summed E-state index contributed by atoms with van der Waals surface area (Å²) in [6, 6.07) is 8.05. The average Bonchev–Trinajstić information content (AvgIpc) is 3.30. The third kappa shape index (κ3) is 5.89. The molecule has 0 fully saturated rings. The van der Waals surface area contributed by atoms with Crippen molar-refractivity contribution in [3.05, 3.63) is 66.3 Å². The molecule has 0 aromatic carbocycles. The molecule has 0 saturated heterocycles. The number of halogens is 3. The third-order valence-corrected chi connectivity index (χ3v) is 4.55. The van der Waals surface area contributed by atoms with Gasteiger partial charge in [0.25, 0.3) is 0 Å². The number of carboxylic acid groups (broad SMARTS) is 1. The lowest BCUT2D eigenvalue weighted by atomic mass is 10.3. The summed E-state index contributed by atoms with van der Waals surface area (Å²) in [5, 5.41) is 11.4. The fourth-order valence-corrected chi connectivity index (χ4v) is 3.10. The molecule has 30 heavy (non-hydrogen) atoms. The van der Waals surface area contributed by atoms with Gasteiger partial charge in [-0.15, -0.1) is 0 Å². The highest BCUT2D eigenvalue weighted by atomic mass is 19.4. The first-order valence-corrected chi connectivity index (χ1v) is 9.26. The van der Waals surface area contributed by atoms with E-state index in [1.807, 2.05) is 47.7 Å². The quantitative estimate of drug-likeness (QED) is 0.694. The number of hydrogen-bond acceptors (Lipinski definition) is 5. The van der Waals surface area contributed by atoms with Crippen LogP contribution in [0, 0.1) is 0 Å². The Hall–Kier alpha value is -3.21. The standard InChI is InChI=1S/C17H20N6.C2HF3O2/c1-2-6-18-15(4-1)13-21-9-5-17-19-12-16(23(17)11-10-21)14-22-8-3-7-20-22;3-2(4,5)1(6)7/h1-4,6-8,12H,5,9-11,13-14H2;(H,6,7). The normalized spacial score (nSPS) is 14.4. The number of alkyl halides is 3. The van der Waals surface area contributed by atoms with Crippen molar-refractivity contribution < 1.29 is 23.1 Å². The van der Waals surface area contributed by atoms with Crippen LogP contribution >= 0.6 is 0 Å². The van der Waals surface area contributed by atoms with Crippen LogP contribution in [0.15, 0.2) is 49.1 Å². The maximum absolute atomic E-state index is 10.6. The molecule has 0 unspecified atom stereocenters. The fourth-order valence-electron chi connectivity index (χ4n) is 3.10. The molecule has 0 bridgehead atoms. The minimum Gasteiger partial charge on any atom is -0.475 e. The number of nitrogens with zero attached hydrogens (tertiary/aromatic N) is 6. The Morgan fingerprint density at radius 1 is 1.07 bits per heavy atom. The average molecular weight is 422 g/mol. The lowest BCUT2D eigenvalue weighted by Gasteiger charge is -2.19. The molecular formula is C19H21F3N6O2. The van der Waals surface area contributed by atoms with Gasteiger partial charge in [0.15, 0.2) is 0 Å². The number of imidazole rings is 1. The topological polar surface area (TPSA) is 89.1 Å². The molecule has 3 aromatic rings. The van der Waals surface area contributed by atoms with E-state index < -0.39 is 12.1 Å². The molecule has 4 heterocycles. The van der Waals surface area contributed by atoms with E-state index in [9.17, 15) is 13.2 Å². The molecule has 8 nitrogen and oxygen atoms in total. The van der Waals surface area contributed by atoms with Gasteiger partial charge in [0.1, 0.15) is 5.82 Å². The van der Waals surface area contributed by atoms with Crippen LogP contribution in [0.4, 0.5) is 13.2 Å². The number of carboxylic acids is 1. The summed E-state index contributed by atoms with van der Waals surface area (Å²) < 4.78 is 36.0. The van der Waals surface area contributed by atoms with Gasteiger partial charge in [-0.25, -0.2) is 9.78 Å². The number of rotatable bonds is 4. The minimum atomic E-state index is -5.08. The molecule has 0 aliphatic carbocycles. The van der Waals surface area contributed by atoms with Crippen molar-refractivity contribution in [2.45, 2.75) is 32.2 Å². The van der Waals surface area contributed by atoms with Crippen LogP contribution in [0.3, 0.4) is 0 Å². The minimum absolute atomic E-state index is 0.778. The van der Waals surface area contributed by atoms with Crippen molar-refractivity contribution in [2.24, 2.45) is 0 Å². The van der Waals surface area contributed by atoms with Crippen molar-refractivity contribution >= 4 is 5.97 Å². The van der Waals surface area contributed by atoms with Gasteiger partial charge in [0.05, 0.1) is 24.1 Å². The number of hydrogen-bond donors (Lipinski definition) is 1. The van der Waals surface area contributed by atoms with Gasteiger partial charge in [0, 0.05) is 51.2 Å². The molecule has 0 amide bonds. The second-order valence-corrected chi connectivity index (χ2v) is 6.67. The predicted molar refractivity (Wildman–Crippen MR) is 100 cm³/mol. The largest absolute Gasteiger partial charge is 0.490 e. The SMILES string of the molecule is O=C(O)C(F)(F)F.c1ccc(CN2CCc3ncc(Cn4cccn4)n3CC2)nc1. The van der Waals surface area contributed by atoms with E-state index in [0.717, 1.165) is 44.8 Å². The number of aromatic nitrogens is 5. The maximum Gasteiger partial charge on any atom is 0.490 e. The van der Waals surface area contributed by atoms with Gasteiger partial charge in [-0.05, 0) is 18.2 Å². The summed E-state index contributed by atoms with van der Waals surface area (Å²) >= 11 is 0. The van der Waals surface area contributed by atoms with E-state index in [2.05, 4.69) is 30.6 Å². The zero-order valence-electron chi connectivity index (χ0n) is 16.0. The van der Waals surface area contributed by atoms with Crippen molar-refractivity contribution in [3.63, 3.8) is 0 Å². The summed E-state index contributed by atoms with van der Waals surface area (Å²) in [4.78, 5) is 20.4. The summed E-state index contributed by atoms with van der Waals surface area (Å²) in [5.41, 5.74) is 2.35. The van der Waals surface area contributed by atoms with E-state index in [-0.39, 0.29) is 0 Å². The molecule has 0 spiro atoms. The Bertz CT molecular complexity index is 941. The van der Waals surface area contributed by atoms with Crippen LogP contribution in [0.5, 0.6) is 0 Å².